The molecule has 1 rings (SSSR count). The summed E-state index contributed by atoms with van der Waals surface area (Å²) < 4.78 is 9.60. The maximum Gasteiger partial charge on any atom is 0.330 e. The number of esters is 1. The number of ether oxygens (including phenoxy) is 1. The van der Waals surface area contributed by atoms with Gasteiger partial charge < -0.3 is 9.15 Å². The van der Waals surface area contributed by atoms with E-state index in [1.54, 1.807) is 12.1 Å². The van der Waals surface area contributed by atoms with E-state index in [9.17, 15) is 4.79 Å². The molecule has 19 heavy (non-hydrogen) atoms. The summed E-state index contributed by atoms with van der Waals surface area (Å²) in [5.41, 5.74) is 0. The van der Waals surface area contributed by atoms with Crippen LogP contribution >= 0.6 is 0 Å². The number of carbonyl (C=O) groups is 1. The number of rotatable bonds is 3. The Morgan fingerprint density at radius 3 is 1.89 bits per heavy atom. The molecule has 0 amide bonds. The zero-order valence-corrected chi connectivity index (χ0v) is 11.6. The van der Waals surface area contributed by atoms with Crippen LogP contribution in [0.5, 0.6) is 0 Å². The van der Waals surface area contributed by atoms with Gasteiger partial charge in [-0.25, -0.2) is 4.79 Å². The fraction of sp³-hybridized carbons (Fsp3) is 0.0625. The molecule has 0 unspecified atom stereocenters. The minimum atomic E-state index is -0.443. The lowest BCUT2D eigenvalue weighted by atomic mass is 10.5. The molecule has 1 aromatic heterocycles. The summed E-state index contributed by atoms with van der Waals surface area (Å²) in [4.78, 5) is 10.5. The van der Waals surface area contributed by atoms with Crippen LogP contribution in [0.4, 0.5) is 0 Å². The highest BCUT2D eigenvalue weighted by Crippen LogP contribution is 2.01. The predicted molar refractivity (Wildman–Crippen MR) is 83.7 cm³/mol. The van der Waals surface area contributed by atoms with Gasteiger partial charge in [-0.05, 0) is 12.1 Å². The largest absolute Gasteiger partial charge is 0.466 e. The van der Waals surface area contributed by atoms with E-state index in [1.165, 1.54) is 6.26 Å². The van der Waals surface area contributed by atoms with Gasteiger partial charge in [-0.2, -0.15) is 0 Å². The molecular weight excluding hydrogens is 240 g/mol. The van der Waals surface area contributed by atoms with Gasteiger partial charge in [-0.15, -0.1) is 52.6 Å². The molecule has 0 bridgehead atoms. The first-order valence-corrected chi connectivity index (χ1v) is 5.14. The molecule has 0 radical (unpaired) electrons. The van der Waals surface area contributed by atoms with Crippen molar-refractivity contribution in [2.75, 3.05) is 0 Å². The van der Waals surface area contributed by atoms with Crippen molar-refractivity contribution in [2.24, 2.45) is 0 Å². The van der Waals surface area contributed by atoms with Crippen LogP contribution in [-0.2, 0) is 16.1 Å². The van der Waals surface area contributed by atoms with Crippen molar-refractivity contribution in [3.63, 3.8) is 0 Å². The lowest BCUT2D eigenvalue weighted by molar-refractivity contribution is -0.139. The van der Waals surface area contributed by atoms with Crippen molar-refractivity contribution in [3.8, 4) is 0 Å². The molecule has 0 fully saturated rings. The molecule has 0 aliphatic rings. The Labute approximate surface area is 116 Å². The Kier molecular flexibility index (Phi) is 39.4. The zero-order chi connectivity index (χ0) is 16.1. The molecule has 0 N–H and O–H groups in total. The van der Waals surface area contributed by atoms with E-state index in [2.05, 4.69) is 63.9 Å². The lowest BCUT2D eigenvalue weighted by Gasteiger charge is -1.96. The maximum atomic E-state index is 10.5. The molecule has 0 spiro atoms. The molecule has 106 valence electrons. The second-order valence-corrected chi connectivity index (χ2v) is 1.89. The highest BCUT2D eigenvalue weighted by atomic mass is 16.5. The summed E-state index contributed by atoms with van der Waals surface area (Å²) in [5, 5.41) is 0. The second kappa shape index (κ2) is 29.5. The molecular formula is C16H24O3. The van der Waals surface area contributed by atoms with Crippen molar-refractivity contribution in [1.29, 1.82) is 0 Å². The van der Waals surface area contributed by atoms with Crippen LogP contribution in [0.15, 0.2) is 88.1 Å². The zero-order valence-electron chi connectivity index (χ0n) is 11.6. The van der Waals surface area contributed by atoms with E-state index in [1.807, 2.05) is 0 Å². The normalized spacial score (nSPS) is 6.11. The van der Waals surface area contributed by atoms with Crippen molar-refractivity contribution in [3.05, 3.63) is 89.4 Å². The van der Waals surface area contributed by atoms with Crippen LogP contribution in [0, 0.1) is 0 Å². The molecule has 0 aliphatic heterocycles. The van der Waals surface area contributed by atoms with E-state index >= 15 is 0 Å². The number of hydrogen-bond acceptors (Lipinski definition) is 3. The molecule has 0 aliphatic carbocycles. The standard InChI is InChI=1S/C8H8O3.4C2H4/c1-2-8(9)11-6-7-4-3-5-10-7;4*1-2/h2-5H,1,6H2;4*1-2H2. The van der Waals surface area contributed by atoms with E-state index in [4.69, 9.17) is 4.42 Å². The van der Waals surface area contributed by atoms with E-state index < -0.39 is 5.97 Å². The Morgan fingerprint density at radius 2 is 1.58 bits per heavy atom. The van der Waals surface area contributed by atoms with Crippen molar-refractivity contribution in [2.45, 2.75) is 6.61 Å². The van der Waals surface area contributed by atoms with Crippen LogP contribution in [0.3, 0.4) is 0 Å². The summed E-state index contributed by atoms with van der Waals surface area (Å²) in [6.45, 7) is 27.4. The number of hydrogen-bond donors (Lipinski definition) is 0. The van der Waals surface area contributed by atoms with Crippen LogP contribution in [0.25, 0.3) is 0 Å². The van der Waals surface area contributed by atoms with Gasteiger partial charge in [-0.1, -0.05) is 6.58 Å². The predicted octanol–water partition coefficient (Wildman–Crippen LogP) is 4.72. The van der Waals surface area contributed by atoms with E-state index in [-0.39, 0.29) is 6.61 Å². The Balaban J connectivity index is -0.000000121. The summed E-state index contributed by atoms with van der Waals surface area (Å²) >= 11 is 0. The molecule has 0 saturated carbocycles. The molecule has 3 nitrogen and oxygen atoms in total. The average molecular weight is 264 g/mol. The summed E-state index contributed by atoms with van der Waals surface area (Å²) in [7, 11) is 0. The minimum Gasteiger partial charge on any atom is -0.466 e. The van der Waals surface area contributed by atoms with Crippen LogP contribution in [0.1, 0.15) is 5.76 Å². The van der Waals surface area contributed by atoms with Crippen molar-refractivity contribution < 1.29 is 13.9 Å². The molecule has 0 atom stereocenters. The molecule has 0 saturated heterocycles. The first-order valence-electron chi connectivity index (χ1n) is 5.14. The van der Waals surface area contributed by atoms with Gasteiger partial charge in [-0.3, -0.25) is 0 Å². The molecule has 3 heteroatoms. The summed E-state index contributed by atoms with van der Waals surface area (Å²) in [6.07, 6.45) is 2.64. The van der Waals surface area contributed by atoms with Crippen molar-refractivity contribution >= 4 is 5.97 Å². The molecule has 1 aromatic rings. The van der Waals surface area contributed by atoms with E-state index in [0.29, 0.717) is 5.76 Å². The van der Waals surface area contributed by atoms with Gasteiger partial charge in [0.05, 0.1) is 6.26 Å². The third-order valence-corrected chi connectivity index (χ3v) is 1.10. The summed E-state index contributed by atoms with van der Waals surface area (Å²) in [6, 6.07) is 3.47. The van der Waals surface area contributed by atoms with Gasteiger partial charge >= 0.3 is 5.97 Å². The SMILES string of the molecule is C=C.C=C.C=C.C=C.C=CC(=O)OCc1ccco1. The summed E-state index contributed by atoms with van der Waals surface area (Å²) in [5.74, 6) is 0.182. The quantitative estimate of drug-likeness (QED) is 0.450. The van der Waals surface area contributed by atoms with Gasteiger partial charge in [0.2, 0.25) is 0 Å². The van der Waals surface area contributed by atoms with Crippen molar-refractivity contribution in [1.82, 2.24) is 0 Å². The second-order valence-electron chi connectivity index (χ2n) is 1.89. The topological polar surface area (TPSA) is 39.4 Å². The first kappa shape index (κ1) is 25.3. The smallest absolute Gasteiger partial charge is 0.330 e. The van der Waals surface area contributed by atoms with Crippen LogP contribution in [-0.4, -0.2) is 5.97 Å². The van der Waals surface area contributed by atoms with E-state index in [0.717, 1.165) is 6.08 Å². The molecule has 0 aromatic carbocycles. The third kappa shape index (κ3) is 21.3. The fourth-order valence-corrected chi connectivity index (χ4v) is 0.596. The maximum absolute atomic E-state index is 10.5. The van der Waals surface area contributed by atoms with Crippen LogP contribution in [0.2, 0.25) is 0 Å². The highest BCUT2D eigenvalue weighted by Gasteiger charge is 1.98. The first-order chi connectivity index (χ1) is 9.33. The molecule has 1 heterocycles. The van der Waals surface area contributed by atoms with Gasteiger partial charge in [0, 0.05) is 6.08 Å². The Morgan fingerprint density at radius 1 is 1.11 bits per heavy atom. The number of carbonyl (C=O) groups excluding carboxylic acids is 1. The monoisotopic (exact) mass is 264 g/mol. The number of furan rings is 1. The van der Waals surface area contributed by atoms with Gasteiger partial charge in [0.1, 0.15) is 12.4 Å². The van der Waals surface area contributed by atoms with Gasteiger partial charge in [0.25, 0.3) is 0 Å². The minimum absolute atomic E-state index is 0.165. The van der Waals surface area contributed by atoms with Gasteiger partial charge in [0.15, 0.2) is 0 Å². The van der Waals surface area contributed by atoms with Crippen LogP contribution < -0.4 is 0 Å². The Hall–Kier alpha value is -2.55. The average Bonchev–Trinajstić information content (AvgIpc) is 3.06. The fourth-order valence-electron chi connectivity index (χ4n) is 0.596. The third-order valence-electron chi connectivity index (χ3n) is 1.10. The lowest BCUT2D eigenvalue weighted by Crippen LogP contribution is -1.98. The highest BCUT2D eigenvalue weighted by molar-refractivity contribution is 5.81. The Bertz CT molecular complexity index is 281.